The van der Waals surface area contributed by atoms with Crippen LogP contribution in [0.1, 0.15) is 31.2 Å². The van der Waals surface area contributed by atoms with E-state index in [9.17, 15) is 13.5 Å². The SMILES string of the molecule is N#Cc1ccc(Cl)c(S(=O)(=O)NC2(CO)CCCC2)c1. The topological polar surface area (TPSA) is 90.2 Å². The molecule has 5 nitrogen and oxygen atoms in total. The summed E-state index contributed by atoms with van der Waals surface area (Å²) in [6.07, 6.45) is 2.93. The fourth-order valence-electron chi connectivity index (χ4n) is 2.46. The van der Waals surface area contributed by atoms with E-state index in [1.807, 2.05) is 6.07 Å². The third kappa shape index (κ3) is 2.96. The van der Waals surface area contributed by atoms with Crippen LogP contribution in [0.5, 0.6) is 0 Å². The van der Waals surface area contributed by atoms with Crippen molar-refractivity contribution in [3.63, 3.8) is 0 Å². The number of aliphatic hydroxyl groups is 1. The second kappa shape index (κ2) is 5.70. The highest BCUT2D eigenvalue weighted by Gasteiger charge is 2.38. The molecule has 1 aliphatic rings. The second-order valence-corrected chi connectivity index (χ2v) is 7.07. The summed E-state index contributed by atoms with van der Waals surface area (Å²) in [6, 6.07) is 5.97. The van der Waals surface area contributed by atoms with Gasteiger partial charge in [-0.3, -0.25) is 0 Å². The summed E-state index contributed by atoms with van der Waals surface area (Å²) in [5, 5.41) is 18.4. The van der Waals surface area contributed by atoms with E-state index in [0.717, 1.165) is 12.8 Å². The van der Waals surface area contributed by atoms with Gasteiger partial charge in [-0.2, -0.15) is 5.26 Å². The molecule has 1 aliphatic carbocycles. The molecular formula is C13H15ClN2O3S. The van der Waals surface area contributed by atoms with Gasteiger partial charge in [-0.15, -0.1) is 0 Å². The number of hydrogen-bond acceptors (Lipinski definition) is 4. The van der Waals surface area contributed by atoms with Crippen molar-refractivity contribution < 1.29 is 13.5 Å². The van der Waals surface area contributed by atoms with E-state index >= 15 is 0 Å². The molecule has 2 rings (SSSR count). The van der Waals surface area contributed by atoms with Gasteiger partial charge in [0.1, 0.15) is 4.90 Å². The average molecular weight is 315 g/mol. The van der Waals surface area contributed by atoms with Crippen LogP contribution in [0.3, 0.4) is 0 Å². The molecule has 7 heteroatoms. The first-order valence-electron chi connectivity index (χ1n) is 6.27. The van der Waals surface area contributed by atoms with Crippen LogP contribution in [0.2, 0.25) is 5.02 Å². The molecule has 0 unspecified atom stereocenters. The Morgan fingerprint density at radius 2 is 2.05 bits per heavy atom. The Labute approximate surface area is 123 Å². The summed E-state index contributed by atoms with van der Waals surface area (Å²) in [4.78, 5) is -0.127. The van der Waals surface area contributed by atoms with E-state index in [0.29, 0.717) is 12.8 Å². The largest absolute Gasteiger partial charge is 0.394 e. The molecule has 1 aromatic rings. The molecule has 0 heterocycles. The van der Waals surface area contributed by atoms with Gasteiger partial charge in [-0.05, 0) is 31.0 Å². The van der Waals surface area contributed by atoms with Crippen molar-refractivity contribution in [2.24, 2.45) is 0 Å². The minimum absolute atomic E-state index is 0.0580. The number of benzene rings is 1. The molecule has 2 N–H and O–H groups in total. The third-order valence-electron chi connectivity index (χ3n) is 3.56. The van der Waals surface area contributed by atoms with Gasteiger partial charge in [0.2, 0.25) is 10.0 Å². The Bertz CT molecular complexity index is 646. The Balaban J connectivity index is 2.38. The Morgan fingerprint density at radius 3 is 2.60 bits per heavy atom. The van der Waals surface area contributed by atoms with Crippen LogP contribution in [0.4, 0.5) is 0 Å². The van der Waals surface area contributed by atoms with Crippen LogP contribution in [0, 0.1) is 11.3 Å². The van der Waals surface area contributed by atoms with E-state index in [2.05, 4.69) is 4.72 Å². The van der Waals surface area contributed by atoms with Crippen LogP contribution in [-0.4, -0.2) is 25.7 Å². The lowest BCUT2D eigenvalue weighted by atomic mass is 10.0. The van der Waals surface area contributed by atoms with E-state index in [-0.39, 0.29) is 22.1 Å². The molecule has 1 aromatic carbocycles. The van der Waals surface area contributed by atoms with Crippen LogP contribution in [0.15, 0.2) is 23.1 Å². The molecule has 0 radical (unpaired) electrons. The molecular weight excluding hydrogens is 300 g/mol. The van der Waals surface area contributed by atoms with Gasteiger partial charge < -0.3 is 5.11 Å². The fraction of sp³-hybridized carbons (Fsp3) is 0.462. The number of rotatable bonds is 4. The monoisotopic (exact) mass is 314 g/mol. The van der Waals surface area contributed by atoms with Crippen molar-refractivity contribution in [1.82, 2.24) is 4.72 Å². The zero-order chi connectivity index (χ0) is 14.8. The molecule has 20 heavy (non-hydrogen) atoms. The maximum Gasteiger partial charge on any atom is 0.242 e. The standard InChI is InChI=1S/C13H15ClN2O3S/c14-11-4-3-10(8-15)7-12(11)20(18,19)16-13(9-17)5-1-2-6-13/h3-4,7,16-17H,1-2,5-6,9H2. The summed E-state index contributed by atoms with van der Waals surface area (Å²) < 4.78 is 27.4. The minimum atomic E-state index is -3.87. The summed E-state index contributed by atoms with van der Waals surface area (Å²) >= 11 is 5.92. The number of halogens is 1. The smallest absolute Gasteiger partial charge is 0.242 e. The first kappa shape index (κ1) is 15.3. The van der Waals surface area contributed by atoms with Gasteiger partial charge in [0.15, 0.2) is 0 Å². The summed E-state index contributed by atoms with van der Waals surface area (Å²) in [7, 11) is -3.87. The van der Waals surface area contributed by atoms with Crippen LogP contribution >= 0.6 is 11.6 Å². The zero-order valence-corrected chi connectivity index (χ0v) is 12.3. The van der Waals surface area contributed by atoms with Crippen molar-refractivity contribution in [2.45, 2.75) is 36.1 Å². The van der Waals surface area contributed by atoms with E-state index in [4.69, 9.17) is 16.9 Å². The fourth-order valence-corrected chi connectivity index (χ4v) is 4.44. The van der Waals surface area contributed by atoms with Crippen LogP contribution in [0.25, 0.3) is 0 Å². The molecule has 0 bridgehead atoms. The zero-order valence-electron chi connectivity index (χ0n) is 10.8. The number of nitrogens with one attached hydrogen (secondary N) is 1. The van der Waals surface area contributed by atoms with Gasteiger partial charge in [-0.1, -0.05) is 24.4 Å². The van der Waals surface area contributed by atoms with E-state index in [1.54, 1.807) is 0 Å². The van der Waals surface area contributed by atoms with E-state index in [1.165, 1.54) is 18.2 Å². The summed E-state index contributed by atoms with van der Waals surface area (Å²) in [5.74, 6) is 0. The summed E-state index contributed by atoms with van der Waals surface area (Å²) in [6.45, 7) is -0.248. The van der Waals surface area contributed by atoms with Gasteiger partial charge >= 0.3 is 0 Å². The van der Waals surface area contributed by atoms with Gasteiger partial charge in [0.25, 0.3) is 0 Å². The lowest BCUT2D eigenvalue weighted by molar-refractivity contribution is 0.185. The number of sulfonamides is 1. The van der Waals surface area contributed by atoms with Gasteiger partial charge in [-0.25, -0.2) is 13.1 Å². The third-order valence-corrected chi connectivity index (χ3v) is 5.62. The molecule has 0 saturated heterocycles. The highest BCUT2D eigenvalue weighted by Crippen LogP contribution is 2.32. The van der Waals surface area contributed by atoms with Crippen molar-refractivity contribution in [2.75, 3.05) is 6.61 Å². The highest BCUT2D eigenvalue weighted by atomic mass is 35.5. The Morgan fingerprint density at radius 1 is 1.40 bits per heavy atom. The van der Waals surface area contributed by atoms with Crippen molar-refractivity contribution in [3.8, 4) is 6.07 Å². The molecule has 108 valence electrons. The molecule has 0 aromatic heterocycles. The quantitative estimate of drug-likeness (QED) is 0.886. The maximum absolute atomic E-state index is 12.4. The lowest BCUT2D eigenvalue weighted by Crippen LogP contribution is -2.49. The first-order valence-corrected chi connectivity index (χ1v) is 8.13. The highest BCUT2D eigenvalue weighted by molar-refractivity contribution is 7.89. The average Bonchev–Trinajstić information content (AvgIpc) is 2.87. The van der Waals surface area contributed by atoms with Gasteiger partial charge in [0, 0.05) is 0 Å². The van der Waals surface area contributed by atoms with Gasteiger partial charge in [0.05, 0.1) is 28.8 Å². The first-order chi connectivity index (χ1) is 9.42. The number of nitriles is 1. The molecule has 0 spiro atoms. The van der Waals surface area contributed by atoms with Crippen molar-refractivity contribution >= 4 is 21.6 Å². The molecule has 1 fully saturated rings. The Kier molecular flexibility index (Phi) is 4.35. The van der Waals surface area contributed by atoms with Crippen LogP contribution < -0.4 is 4.72 Å². The molecule has 0 aliphatic heterocycles. The van der Waals surface area contributed by atoms with E-state index < -0.39 is 15.6 Å². The normalized spacial score (nSPS) is 17.9. The van der Waals surface area contributed by atoms with Crippen molar-refractivity contribution in [1.29, 1.82) is 5.26 Å². The number of nitrogens with zero attached hydrogens (tertiary/aromatic N) is 1. The minimum Gasteiger partial charge on any atom is -0.394 e. The second-order valence-electron chi connectivity index (χ2n) is 5.01. The van der Waals surface area contributed by atoms with Crippen LogP contribution in [-0.2, 0) is 10.0 Å². The molecule has 0 atom stereocenters. The maximum atomic E-state index is 12.4. The molecule has 1 saturated carbocycles. The number of aliphatic hydroxyl groups excluding tert-OH is 1. The number of hydrogen-bond donors (Lipinski definition) is 2. The molecule has 0 amide bonds. The Hall–Kier alpha value is -1.13. The van der Waals surface area contributed by atoms with Crippen molar-refractivity contribution in [3.05, 3.63) is 28.8 Å². The predicted octanol–water partition coefficient (Wildman–Crippen LogP) is 1.80. The summed E-state index contributed by atoms with van der Waals surface area (Å²) in [5.41, 5.74) is -0.593. The predicted molar refractivity (Wildman–Crippen MR) is 74.8 cm³/mol. The lowest BCUT2D eigenvalue weighted by Gasteiger charge is -2.27.